The van der Waals surface area contributed by atoms with Crippen LogP contribution in [0.1, 0.15) is 21.9 Å². The third-order valence-corrected chi connectivity index (χ3v) is 4.83. The van der Waals surface area contributed by atoms with Gasteiger partial charge in [-0.3, -0.25) is 14.5 Å². The van der Waals surface area contributed by atoms with Gasteiger partial charge in [0.15, 0.2) is 0 Å². The van der Waals surface area contributed by atoms with E-state index in [9.17, 15) is 14.0 Å². The van der Waals surface area contributed by atoms with Gasteiger partial charge >= 0.3 is 0 Å². The summed E-state index contributed by atoms with van der Waals surface area (Å²) in [7, 11) is 0. The summed E-state index contributed by atoms with van der Waals surface area (Å²) in [5.41, 5.74) is 1.11. The predicted octanol–water partition coefficient (Wildman–Crippen LogP) is 4.90. The number of carbonyl (C=O) groups is 2. The van der Waals surface area contributed by atoms with E-state index >= 15 is 0 Å². The zero-order valence-corrected chi connectivity index (χ0v) is 17.7. The van der Waals surface area contributed by atoms with Crippen molar-refractivity contribution in [3.05, 3.63) is 108 Å². The smallest absolute Gasteiger partial charge is 0.257 e. The molecule has 0 fully saturated rings. The quantitative estimate of drug-likeness (QED) is 0.381. The molecule has 0 aliphatic heterocycles. The van der Waals surface area contributed by atoms with Crippen LogP contribution < -0.4 is 10.6 Å². The van der Waals surface area contributed by atoms with Crippen molar-refractivity contribution in [1.82, 2.24) is 4.90 Å². The molecule has 4 rings (SSSR count). The van der Waals surface area contributed by atoms with Gasteiger partial charge < -0.3 is 19.5 Å². The molecule has 4 aromatic rings. The Morgan fingerprint density at radius 2 is 1.42 bits per heavy atom. The molecule has 2 aromatic carbocycles. The summed E-state index contributed by atoms with van der Waals surface area (Å²) in [6.45, 7) is 0.872. The topological polar surface area (TPSA) is 87.7 Å². The summed E-state index contributed by atoms with van der Waals surface area (Å²) in [6.07, 6.45) is 3.16. The first-order valence-corrected chi connectivity index (χ1v) is 10.3. The zero-order valence-electron chi connectivity index (χ0n) is 17.7. The van der Waals surface area contributed by atoms with Crippen LogP contribution in [0.2, 0.25) is 0 Å². The van der Waals surface area contributed by atoms with Crippen LogP contribution >= 0.6 is 0 Å². The van der Waals surface area contributed by atoms with E-state index in [1.807, 2.05) is 17.0 Å². The Morgan fingerprint density at radius 3 is 2.03 bits per heavy atom. The number of anilines is 2. The molecule has 0 aliphatic rings. The number of nitrogens with zero attached hydrogens (tertiary/aromatic N) is 1. The first kappa shape index (κ1) is 22.0. The fourth-order valence-corrected chi connectivity index (χ4v) is 3.33. The summed E-state index contributed by atoms with van der Waals surface area (Å²) >= 11 is 0. The molecule has 0 atom stereocenters. The molecule has 8 heteroatoms. The van der Waals surface area contributed by atoms with E-state index in [-0.39, 0.29) is 12.5 Å². The van der Waals surface area contributed by atoms with E-state index < -0.39 is 11.7 Å². The summed E-state index contributed by atoms with van der Waals surface area (Å²) < 4.78 is 24.0. The largest absolute Gasteiger partial charge is 0.468 e. The van der Waals surface area contributed by atoms with Gasteiger partial charge in [-0.25, -0.2) is 4.39 Å². The molecule has 0 spiro atoms. The van der Waals surface area contributed by atoms with Gasteiger partial charge in [-0.15, -0.1) is 0 Å². The number of furan rings is 2. The number of benzene rings is 2. The fraction of sp³-hybridized carbons (Fsp3) is 0.120. The van der Waals surface area contributed by atoms with E-state index in [1.165, 1.54) is 24.3 Å². The Kier molecular flexibility index (Phi) is 6.96. The fourth-order valence-electron chi connectivity index (χ4n) is 3.33. The van der Waals surface area contributed by atoms with Gasteiger partial charge in [-0.1, -0.05) is 12.1 Å². The number of para-hydroxylation sites is 1. The van der Waals surface area contributed by atoms with Gasteiger partial charge in [0, 0.05) is 5.69 Å². The highest BCUT2D eigenvalue weighted by molar-refractivity contribution is 6.10. The van der Waals surface area contributed by atoms with Crippen LogP contribution in [0.3, 0.4) is 0 Å². The normalized spacial score (nSPS) is 10.8. The van der Waals surface area contributed by atoms with Crippen LogP contribution in [-0.4, -0.2) is 23.3 Å². The van der Waals surface area contributed by atoms with Gasteiger partial charge in [0.1, 0.15) is 17.3 Å². The molecule has 0 saturated carbocycles. The van der Waals surface area contributed by atoms with Crippen molar-refractivity contribution >= 4 is 23.2 Å². The molecule has 2 amide bonds. The van der Waals surface area contributed by atoms with Gasteiger partial charge in [-0.2, -0.15) is 0 Å². The van der Waals surface area contributed by atoms with Crippen molar-refractivity contribution in [2.45, 2.75) is 13.1 Å². The van der Waals surface area contributed by atoms with Crippen molar-refractivity contribution in [2.75, 3.05) is 17.2 Å². The monoisotopic (exact) mass is 447 g/mol. The standard InChI is InChI=1S/C25H22FN3O4/c26-18-9-11-19(12-10-18)27-25(31)22-7-1-2-8-23(22)28-24(30)17-29(15-20-5-3-13-32-20)16-21-6-4-14-33-21/h1-14H,15-17H2,(H,27,31)(H,28,30). The first-order chi connectivity index (χ1) is 16.1. The molecule has 0 aliphatic carbocycles. The third kappa shape index (κ3) is 6.18. The SMILES string of the molecule is O=C(CN(Cc1ccco1)Cc1ccco1)Nc1ccccc1C(=O)Nc1ccc(F)cc1. The van der Waals surface area contributed by atoms with Crippen LogP contribution in [-0.2, 0) is 17.9 Å². The number of nitrogens with one attached hydrogen (secondary N) is 2. The summed E-state index contributed by atoms with van der Waals surface area (Å²) in [5.74, 6) is 0.326. The molecule has 2 aromatic heterocycles. The number of hydrogen-bond acceptors (Lipinski definition) is 5. The van der Waals surface area contributed by atoms with Crippen molar-refractivity contribution in [2.24, 2.45) is 0 Å². The Bertz CT molecular complexity index is 1150. The molecule has 0 radical (unpaired) electrons. The lowest BCUT2D eigenvalue weighted by Crippen LogP contribution is -2.32. The van der Waals surface area contributed by atoms with E-state index in [0.717, 1.165) is 0 Å². The molecule has 0 unspecified atom stereocenters. The Balaban J connectivity index is 1.44. The van der Waals surface area contributed by atoms with Gasteiger partial charge in [0.25, 0.3) is 5.91 Å². The first-order valence-electron chi connectivity index (χ1n) is 10.3. The molecule has 168 valence electrons. The lowest BCUT2D eigenvalue weighted by atomic mass is 10.1. The van der Waals surface area contributed by atoms with Gasteiger partial charge in [0.2, 0.25) is 5.91 Å². The number of amides is 2. The molecule has 0 bridgehead atoms. The van der Waals surface area contributed by atoms with Crippen LogP contribution in [0.5, 0.6) is 0 Å². The van der Waals surface area contributed by atoms with Gasteiger partial charge in [0.05, 0.1) is 43.4 Å². The maximum atomic E-state index is 13.1. The highest BCUT2D eigenvalue weighted by atomic mass is 19.1. The third-order valence-electron chi connectivity index (χ3n) is 4.83. The molecular weight excluding hydrogens is 425 g/mol. The molecular formula is C25H22FN3O4. The molecule has 2 N–H and O–H groups in total. The van der Waals surface area contributed by atoms with Crippen LogP contribution in [0.4, 0.5) is 15.8 Å². The van der Waals surface area contributed by atoms with E-state index in [1.54, 1.807) is 48.9 Å². The highest BCUT2D eigenvalue weighted by Crippen LogP contribution is 2.18. The lowest BCUT2D eigenvalue weighted by molar-refractivity contribution is -0.117. The minimum atomic E-state index is -0.416. The van der Waals surface area contributed by atoms with Crippen molar-refractivity contribution in [1.29, 1.82) is 0 Å². The van der Waals surface area contributed by atoms with Crippen molar-refractivity contribution in [3.8, 4) is 0 Å². The number of hydrogen-bond donors (Lipinski definition) is 2. The predicted molar refractivity (Wildman–Crippen MR) is 121 cm³/mol. The second-order valence-electron chi connectivity index (χ2n) is 7.36. The average molecular weight is 447 g/mol. The van der Waals surface area contributed by atoms with Crippen LogP contribution in [0.25, 0.3) is 0 Å². The summed E-state index contributed by atoms with van der Waals surface area (Å²) in [6, 6.07) is 19.4. The van der Waals surface area contributed by atoms with Crippen molar-refractivity contribution in [3.63, 3.8) is 0 Å². The number of halogens is 1. The minimum absolute atomic E-state index is 0.0509. The second-order valence-corrected chi connectivity index (χ2v) is 7.36. The van der Waals surface area contributed by atoms with Crippen LogP contribution in [0, 0.1) is 5.82 Å². The summed E-state index contributed by atoms with van der Waals surface area (Å²) in [4.78, 5) is 27.5. The van der Waals surface area contributed by atoms with E-state index in [0.29, 0.717) is 41.5 Å². The zero-order chi connectivity index (χ0) is 23.0. The van der Waals surface area contributed by atoms with E-state index in [2.05, 4.69) is 10.6 Å². The lowest BCUT2D eigenvalue weighted by Gasteiger charge is -2.20. The Labute approximate surface area is 189 Å². The maximum absolute atomic E-state index is 13.1. The van der Waals surface area contributed by atoms with Gasteiger partial charge in [-0.05, 0) is 60.7 Å². The van der Waals surface area contributed by atoms with Crippen LogP contribution in [0.15, 0.2) is 94.2 Å². The summed E-state index contributed by atoms with van der Waals surface area (Å²) in [5, 5.41) is 5.52. The number of carbonyl (C=O) groups excluding carboxylic acids is 2. The Morgan fingerprint density at radius 1 is 0.788 bits per heavy atom. The average Bonchev–Trinajstić information content (AvgIpc) is 3.50. The number of rotatable bonds is 9. The Hall–Kier alpha value is -4.17. The molecule has 0 saturated heterocycles. The second kappa shape index (κ2) is 10.4. The highest BCUT2D eigenvalue weighted by Gasteiger charge is 2.18. The molecule has 7 nitrogen and oxygen atoms in total. The van der Waals surface area contributed by atoms with Crippen molar-refractivity contribution < 1.29 is 22.8 Å². The minimum Gasteiger partial charge on any atom is -0.468 e. The van der Waals surface area contributed by atoms with E-state index in [4.69, 9.17) is 8.83 Å². The maximum Gasteiger partial charge on any atom is 0.257 e. The molecule has 2 heterocycles. The molecule has 33 heavy (non-hydrogen) atoms.